The molecule has 0 heterocycles. The highest BCUT2D eigenvalue weighted by atomic mass is 16.1. The van der Waals surface area contributed by atoms with E-state index in [4.69, 9.17) is 0 Å². The van der Waals surface area contributed by atoms with Gasteiger partial charge < -0.3 is 4.90 Å². The molecule has 0 N–H and O–H groups in total. The fourth-order valence-corrected chi connectivity index (χ4v) is 4.13. The minimum Gasteiger partial charge on any atom is -0.377 e. The predicted octanol–water partition coefficient (Wildman–Crippen LogP) is 4.90. The van der Waals surface area contributed by atoms with E-state index in [9.17, 15) is 9.59 Å². The monoisotopic (exact) mass is 333 g/mol. The average Bonchev–Trinajstić information content (AvgIpc) is 2.65. The summed E-state index contributed by atoms with van der Waals surface area (Å²) < 4.78 is 0. The van der Waals surface area contributed by atoms with Gasteiger partial charge >= 0.3 is 0 Å². The first-order valence-corrected chi connectivity index (χ1v) is 10.2. The van der Waals surface area contributed by atoms with Gasteiger partial charge in [-0.05, 0) is 38.2 Å². The predicted molar refractivity (Wildman–Crippen MR) is 98.8 cm³/mol. The number of carbonyl (C=O) groups is 2. The third-order valence-corrected chi connectivity index (χ3v) is 5.67. The van der Waals surface area contributed by atoms with Gasteiger partial charge in [-0.2, -0.15) is 0 Å². The van der Waals surface area contributed by atoms with E-state index in [1.54, 1.807) is 6.08 Å². The van der Waals surface area contributed by atoms with Crippen molar-refractivity contribution in [3.8, 4) is 0 Å². The highest BCUT2D eigenvalue weighted by Gasteiger charge is 2.21. The van der Waals surface area contributed by atoms with Gasteiger partial charge in [-0.25, -0.2) is 0 Å². The molecule has 0 aromatic carbocycles. The summed E-state index contributed by atoms with van der Waals surface area (Å²) >= 11 is 0. The molecule has 0 bridgehead atoms. The Labute approximate surface area is 147 Å². The molecule has 2 aliphatic rings. The Morgan fingerprint density at radius 2 is 1.46 bits per heavy atom. The van der Waals surface area contributed by atoms with Crippen molar-refractivity contribution in [2.75, 3.05) is 13.1 Å². The zero-order valence-electron chi connectivity index (χ0n) is 15.5. The van der Waals surface area contributed by atoms with E-state index >= 15 is 0 Å². The molecule has 0 saturated heterocycles. The molecular weight excluding hydrogens is 298 g/mol. The van der Waals surface area contributed by atoms with Gasteiger partial charge in [0.15, 0.2) is 5.78 Å². The maximum atomic E-state index is 12.4. The topological polar surface area (TPSA) is 37.4 Å². The number of nitrogens with zero attached hydrogens (tertiary/aromatic N) is 1. The third kappa shape index (κ3) is 6.41. The van der Waals surface area contributed by atoms with Gasteiger partial charge in [0.2, 0.25) is 0 Å². The minimum atomic E-state index is 0.238. The number of rotatable bonds is 9. The Morgan fingerprint density at radius 3 is 2.04 bits per heavy atom. The Morgan fingerprint density at radius 1 is 0.875 bits per heavy atom. The molecule has 0 atom stereocenters. The molecule has 2 fully saturated rings. The highest BCUT2D eigenvalue weighted by molar-refractivity contribution is 5.91. The van der Waals surface area contributed by atoms with E-state index < -0.39 is 0 Å². The van der Waals surface area contributed by atoms with Crippen molar-refractivity contribution in [2.24, 2.45) is 11.8 Å². The smallest absolute Gasteiger partial charge is 0.160 e. The molecule has 0 unspecified atom stereocenters. The van der Waals surface area contributed by atoms with Crippen molar-refractivity contribution in [3.63, 3.8) is 0 Å². The second-order valence-electron chi connectivity index (χ2n) is 7.64. The second kappa shape index (κ2) is 10.7. The van der Waals surface area contributed by atoms with E-state index in [0.717, 1.165) is 45.2 Å². The van der Waals surface area contributed by atoms with Gasteiger partial charge in [-0.1, -0.05) is 45.4 Å². The fraction of sp³-hybridized carbons (Fsp3) is 0.810. The Bertz CT molecular complexity index is 418. The molecule has 3 nitrogen and oxygen atoms in total. The standard InChI is InChI=1S/C21H35NO2/c1-2-15-22(16-13-20(23)18-9-5-3-6-10-18)17-14-21(24)19-11-7-4-8-12-19/h13,16,18-19H,2-12,14-15,17H2,1H3/b16-13+. The summed E-state index contributed by atoms with van der Waals surface area (Å²) in [7, 11) is 0. The quantitative estimate of drug-likeness (QED) is 0.563. The number of hydrogen-bond acceptors (Lipinski definition) is 3. The van der Waals surface area contributed by atoms with Crippen LogP contribution in [-0.4, -0.2) is 29.6 Å². The van der Waals surface area contributed by atoms with Crippen molar-refractivity contribution in [1.29, 1.82) is 0 Å². The summed E-state index contributed by atoms with van der Waals surface area (Å²) in [6.07, 6.45) is 17.1. The summed E-state index contributed by atoms with van der Waals surface area (Å²) in [4.78, 5) is 26.9. The lowest BCUT2D eigenvalue weighted by atomic mass is 9.85. The van der Waals surface area contributed by atoms with Crippen molar-refractivity contribution in [3.05, 3.63) is 12.3 Å². The summed E-state index contributed by atoms with van der Waals surface area (Å²) in [5.41, 5.74) is 0. The number of allylic oxidation sites excluding steroid dienone is 1. The maximum absolute atomic E-state index is 12.4. The van der Waals surface area contributed by atoms with E-state index in [2.05, 4.69) is 11.8 Å². The largest absolute Gasteiger partial charge is 0.377 e. The highest BCUT2D eigenvalue weighted by Crippen LogP contribution is 2.26. The second-order valence-corrected chi connectivity index (χ2v) is 7.64. The van der Waals surface area contributed by atoms with Crippen LogP contribution in [0.15, 0.2) is 12.3 Å². The van der Waals surface area contributed by atoms with E-state index in [0.29, 0.717) is 18.1 Å². The van der Waals surface area contributed by atoms with E-state index in [1.165, 1.54) is 38.5 Å². The van der Waals surface area contributed by atoms with Gasteiger partial charge in [0.05, 0.1) is 0 Å². The molecule has 136 valence electrons. The molecule has 0 spiro atoms. The van der Waals surface area contributed by atoms with Crippen LogP contribution in [0.25, 0.3) is 0 Å². The third-order valence-electron chi connectivity index (χ3n) is 5.67. The van der Waals surface area contributed by atoms with Crippen LogP contribution >= 0.6 is 0 Å². The summed E-state index contributed by atoms with van der Waals surface area (Å²) in [6.45, 7) is 3.83. The summed E-state index contributed by atoms with van der Waals surface area (Å²) in [5.74, 6) is 1.26. The van der Waals surface area contributed by atoms with Crippen LogP contribution in [-0.2, 0) is 9.59 Å². The van der Waals surface area contributed by atoms with Gasteiger partial charge in [0.1, 0.15) is 5.78 Å². The zero-order chi connectivity index (χ0) is 17.2. The fourth-order valence-electron chi connectivity index (χ4n) is 4.13. The number of Topliss-reactive ketones (excluding diaryl/α,β-unsaturated/α-hetero) is 1. The summed E-state index contributed by atoms with van der Waals surface area (Å²) in [5, 5.41) is 0. The zero-order valence-corrected chi connectivity index (χ0v) is 15.5. The molecule has 2 rings (SSSR count). The maximum Gasteiger partial charge on any atom is 0.160 e. The molecule has 0 aromatic heterocycles. The van der Waals surface area contributed by atoms with Crippen molar-refractivity contribution < 1.29 is 9.59 Å². The molecule has 24 heavy (non-hydrogen) atoms. The van der Waals surface area contributed by atoms with Crippen LogP contribution in [0.3, 0.4) is 0 Å². The van der Waals surface area contributed by atoms with E-state index in [1.807, 2.05) is 6.20 Å². The average molecular weight is 334 g/mol. The molecule has 0 amide bonds. The van der Waals surface area contributed by atoms with Crippen LogP contribution in [0, 0.1) is 11.8 Å². The molecule has 0 aromatic rings. The lowest BCUT2D eigenvalue weighted by molar-refractivity contribution is -0.124. The van der Waals surface area contributed by atoms with Crippen LogP contribution in [0.5, 0.6) is 0 Å². The van der Waals surface area contributed by atoms with Crippen LogP contribution in [0.4, 0.5) is 0 Å². The SMILES string of the molecule is CCCN(/C=C/C(=O)C1CCCCC1)CCC(=O)C1CCCCC1. The minimum absolute atomic E-state index is 0.238. The summed E-state index contributed by atoms with van der Waals surface area (Å²) in [6, 6.07) is 0. The molecule has 2 saturated carbocycles. The van der Waals surface area contributed by atoms with Gasteiger partial charge in [0, 0.05) is 37.5 Å². The lowest BCUT2D eigenvalue weighted by Crippen LogP contribution is -2.26. The number of carbonyl (C=O) groups excluding carboxylic acids is 2. The van der Waals surface area contributed by atoms with Crippen molar-refractivity contribution in [2.45, 2.75) is 84.0 Å². The van der Waals surface area contributed by atoms with Crippen LogP contribution in [0.1, 0.15) is 84.0 Å². The van der Waals surface area contributed by atoms with E-state index in [-0.39, 0.29) is 11.7 Å². The molecule has 3 heteroatoms. The van der Waals surface area contributed by atoms with Crippen LogP contribution < -0.4 is 0 Å². The number of ketones is 2. The Hall–Kier alpha value is -1.12. The molecule has 0 radical (unpaired) electrons. The molecule has 2 aliphatic carbocycles. The molecular formula is C21H35NO2. The first kappa shape index (κ1) is 19.2. The van der Waals surface area contributed by atoms with Crippen molar-refractivity contribution in [1.82, 2.24) is 4.90 Å². The Balaban J connectivity index is 1.78. The lowest BCUT2D eigenvalue weighted by Gasteiger charge is -2.24. The first-order valence-electron chi connectivity index (χ1n) is 10.2. The van der Waals surface area contributed by atoms with Crippen LogP contribution in [0.2, 0.25) is 0 Å². The van der Waals surface area contributed by atoms with Gasteiger partial charge in [-0.3, -0.25) is 9.59 Å². The number of hydrogen-bond donors (Lipinski definition) is 0. The van der Waals surface area contributed by atoms with Gasteiger partial charge in [0.25, 0.3) is 0 Å². The Kier molecular flexibility index (Phi) is 8.55. The molecule has 0 aliphatic heterocycles. The van der Waals surface area contributed by atoms with Crippen molar-refractivity contribution >= 4 is 11.6 Å². The first-order chi connectivity index (χ1) is 11.7. The normalized spacial score (nSPS) is 20.4. The van der Waals surface area contributed by atoms with Gasteiger partial charge in [-0.15, -0.1) is 0 Å².